The number of carbonyl (C=O) groups is 1. The summed E-state index contributed by atoms with van der Waals surface area (Å²) in [5.41, 5.74) is 0. The van der Waals surface area contributed by atoms with E-state index in [4.69, 9.17) is 31.7 Å². The molecule has 2 saturated heterocycles. The van der Waals surface area contributed by atoms with E-state index in [9.17, 15) is 20.1 Å². The molecule has 0 aromatic carbocycles. The molecule has 17 nitrogen and oxygen atoms in total. The van der Waals surface area contributed by atoms with Gasteiger partial charge in [0.15, 0.2) is 5.78 Å². The summed E-state index contributed by atoms with van der Waals surface area (Å²) in [5, 5.41) is 37.2. The second-order valence-electron chi connectivity index (χ2n) is 6.84. The summed E-state index contributed by atoms with van der Waals surface area (Å²) in [4.78, 5) is 12.2. The van der Waals surface area contributed by atoms with Crippen LogP contribution in [-0.4, -0.2) is 129 Å². The summed E-state index contributed by atoms with van der Waals surface area (Å²) in [6.45, 7) is 1.70. The second-order valence-corrected chi connectivity index (χ2v) is 7.74. The van der Waals surface area contributed by atoms with Gasteiger partial charge in [-0.15, -0.1) is 0 Å². The van der Waals surface area contributed by atoms with Crippen molar-refractivity contribution in [1.82, 2.24) is 10.6 Å². The third-order valence-corrected chi connectivity index (χ3v) is 4.93. The minimum atomic E-state index is -4.67. The molecule has 0 aromatic rings. The van der Waals surface area contributed by atoms with Crippen LogP contribution in [0.5, 0.6) is 0 Å². The number of likely N-dealkylation sites (N-methyl/N-ethyl adjacent to an activating group) is 2. The normalized spacial score (nSPS) is 40.3. The van der Waals surface area contributed by atoms with Crippen molar-refractivity contribution in [2.45, 2.75) is 68.0 Å². The maximum Gasteiger partial charge on any atom is 0.394 e. The molecule has 196 valence electrons. The summed E-state index contributed by atoms with van der Waals surface area (Å²) >= 11 is 0. The van der Waals surface area contributed by atoms with Crippen LogP contribution in [0.1, 0.15) is 13.3 Å². The summed E-state index contributed by atoms with van der Waals surface area (Å²) in [5.74, 6) is -2.76. The van der Waals surface area contributed by atoms with Crippen LogP contribution >= 0.6 is 0 Å². The molecule has 32 heavy (non-hydrogen) atoms. The Morgan fingerprint density at radius 2 is 1.41 bits per heavy atom. The molecule has 15 N–H and O–H groups in total. The third kappa shape index (κ3) is 7.28. The van der Waals surface area contributed by atoms with Gasteiger partial charge in [0.05, 0.1) is 24.3 Å². The Labute approximate surface area is 183 Å². The van der Waals surface area contributed by atoms with Crippen molar-refractivity contribution in [1.29, 1.82) is 0 Å². The fourth-order valence-corrected chi connectivity index (χ4v) is 3.68. The molecule has 2 aliphatic heterocycles. The van der Waals surface area contributed by atoms with Gasteiger partial charge in [-0.3, -0.25) is 13.9 Å². The van der Waals surface area contributed by atoms with E-state index in [-0.39, 0.29) is 28.3 Å². The molecule has 0 bridgehead atoms. The SMILES string of the molecule is CN[C@@H]1[C@H](O)[C@H](NC)[C@H]2OC3(O)C(=O)C[C@@H](C)O[C@H]3O[C@@H]2[C@H]1O.O.O.O.O.O=S(=O)(O)O. The number of ether oxygens (including phenoxy) is 3. The zero-order chi connectivity index (χ0) is 21.4. The predicted octanol–water partition coefficient (Wildman–Crippen LogP) is -6.88. The lowest BCUT2D eigenvalue weighted by Gasteiger charge is -2.55. The van der Waals surface area contributed by atoms with Crippen LogP contribution in [0.15, 0.2) is 0 Å². The number of rotatable bonds is 2. The zero-order valence-electron chi connectivity index (χ0n) is 17.4. The van der Waals surface area contributed by atoms with Crippen LogP contribution in [0.2, 0.25) is 0 Å². The fraction of sp³-hybridized carbons (Fsp3) is 0.929. The van der Waals surface area contributed by atoms with Crippen molar-refractivity contribution in [3.8, 4) is 0 Å². The Kier molecular flexibility index (Phi) is 14.6. The Morgan fingerprint density at radius 1 is 0.938 bits per heavy atom. The van der Waals surface area contributed by atoms with Crippen molar-refractivity contribution in [2.24, 2.45) is 0 Å². The van der Waals surface area contributed by atoms with Gasteiger partial charge in [-0.1, -0.05) is 0 Å². The lowest BCUT2D eigenvalue weighted by molar-refractivity contribution is -0.420. The molecule has 1 unspecified atom stereocenters. The Hall–Kier alpha value is -0.940. The number of fused-ring (bicyclic) bond motifs is 2. The molecular weight excluding hydrogens is 468 g/mol. The van der Waals surface area contributed by atoms with E-state index in [2.05, 4.69) is 10.6 Å². The number of hydrogen-bond acceptors (Lipinski definition) is 11. The van der Waals surface area contributed by atoms with E-state index in [1.165, 1.54) is 0 Å². The van der Waals surface area contributed by atoms with Crippen LogP contribution in [0.3, 0.4) is 0 Å². The number of nitrogens with one attached hydrogen (secondary N) is 2. The van der Waals surface area contributed by atoms with Gasteiger partial charge in [0, 0.05) is 6.42 Å². The highest BCUT2D eigenvalue weighted by Gasteiger charge is 2.63. The summed E-state index contributed by atoms with van der Waals surface area (Å²) < 4.78 is 48.4. The number of carbonyl (C=O) groups excluding carboxylic acids is 1. The van der Waals surface area contributed by atoms with Crippen LogP contribution in [0.25, 0.3) is 0 Å². The molecule has 1 aliphatic carbocycles. The van der Waals surface area contributed by atoms with Crippen molar-refractivity contribution in [2.75, 3.05) is 14.1 Å². The topological polar surface area (TPSA) is 330 Å². The highest BCUT2D eigenvalue weighted by Crippen LogP contribution is 2.40. The van der Waals surface area contributed by atoms with Gasteiger partial charge in [0.25, 0.3) is 5.79 Å². The van der Waals surface area contributed by atoms with Crippen molar-refractivity contribution in [3.05, 3.63) is 0 Å². The van der Waals surface area contributed by atoms with E-state index in [1.54, 1.807) is 21.0 Å². The lowest BCUT2D eigenvalue weighted by atomic mass is 9.80. The zero-order valence-corrected chi connectivity index (χ0v) is 18.2. The van der Waals surface area contributed by atoms with E-state index in [1.807, 2.05) is 0 Å². The van der Waals surface area contributed by atoms with Gasteiger partial charge in [-0.2, -0.15) is 8.42 Å². The maximum atomic E-state index is 12.2. The molecule has 9 atom stereocenters. The quantitative estimate of drug-likeness (QED) is 0.173. The van der Waals surface area contributed by atoms with Crippen LogP contribution in [0, 0.1) is 0 Å². The third-order valence-electron chi connectivity index (χ3n) is 4.93. The summed E-state index contributed by atoms with van der Waals surface area (Å²) in [6.07, 6.45) is -5.58. The highest BCUT2D eigenvalue weighted by molar-refractivity contribution is 7.79. The van der Waals surface area contributed by atoms with E-state index in [0.717, 1.165) is 0 Å². The van der Waals surface area contributed by atoms with Gasteiger partial charge in [-0.05, 0) is 21.0 Å². The van der Waals surface area contributed by atoms with Gasteiger partial charge in [0.1, 0.15) is 18.3 Å². The molecule has 0 spiro atoms. The van der Waals surface area contributed by atoms with E-state index >= 15 is 0 Å². The number of hydrogen-bond donors (Lipinski definition) is 7. The Morgan fingerprint density at radius 3 is 1.84 bits per heavy atom. The number of aliphatic hydroxyl groups is 3. The van der Waals surface area contributed by atoms with Crippen molar-refractivity contribution in [3.63, 3.8) is 0 Å². The van der Waals surface area contributed by atoms with Crippen LogP contribution in [0.4, 0.5) is 0 Å². The first-order chi connectivity index (χ1) is 12.8. The molecule has 18 heteroatoms. The maximum absolute atomic E-state index is 12.2. The average molecular weight is 502 g/mol. The minimum absolute atomic E-state index is 0. The first-order valence-electron chi connectivity index (χ1n) is 8.48. The molecule has 0 aromatic heterocycles. The largest absolute Gasteiger partial charge is 0.412 e. The van der Waals surface area contributed by atoms with Gasteiger partial charge >= 0.3 is 10.4 Å². The first kappa shape index (κ1) is 35.6. The molecular formula is C14H34N2O15S. The monoisotopic (exact) mass is 502 g/mol. The lowest BCUT2D eigenvalue weighted by Crippen LogP contribution is -2.77. The minimum Gasteiger partial charge on any atom is -0.412 e. The van der Waals surface area contributed by atoms with E-state index in [0.29, 0.717) is 0 Å². The van der Waals surface area contributed by atoms with Gasteiger partial charge < -0.3 is 62.1 Å². The fourth-order valence-electron chi connectivity index (χ4n) is 3.68. The molecule has 1 saturated carbocycles. The van der Waals surface area contributed by atoms with Gasteiger partial charge in [0.2, 0.25) is 6.29 Å². The van der Waals surface area contributed by atoms with Crippen molar-refractivity contribution >= 4 is 16.2 Å². The molecule has 2 heterocycles. The molecule has 3 aliphatic rings. The Balaban J connectivity index is -0.000000849. The molecule has 3 fully saturated rings. The molecule has 3 rings (SSSR count). The number of ketones is 1. The summed E-state index contributed by atoms with van der Waals surface area (Å²) in [6, 6.07) is -1.29. The molecule has 0 radical (unpaired) electrons. The number of aliphatic hydroxyl groups excluding tert-OH is 2. The first-order valence-corrected chi connectivity index (χ1v) is 9.88. The highest BCUT2D eigenvalue weighted by atomic mass is 32.3. The second kappa shape index (κ2) is 13.1. The van der Waals surface area contributed by atoms with Gasteiger partial charge in [-0.25, -0.2) is 0 Å². The van der Waals surface area contributed by atoms with Crippen LogP contribution in [-0.2, 0) is 29.4 Å². The van der Waals surface area contributed by atoms with Crippen LogP contribution < -0.4 is 10.6 Å². The average Bonchev–Trinajstić information content (AvgIpc) is 2.55. The summed E-state index contributed by atoms with van der Waals surface area (Å²) in [7, 11) is -1.43. The Bertz CT molecular complexity index is 673. The number of Topliss-reactive ketones (excluding diaryl/α,β-unsaturated/α-hetero) is 1. The predicted molar refractivity (Wildman–Crippen MR) is 105 cm³/mol. The smallest absolute Gasteiger partial charge is 0.394 e. The van der Waals surface area contributed by atoms with E-state index < -0.39 is 70.9 Å². The standard InChI is InChI=1S/C14H24N2O7.H2O4S.4H2O/c1-5-4-6(17)14(20)13(21-5)22-12-10(19)7(15-2)9(18)8(16-3)11(12)23-14;1-5(2,3)4;;;;/h5,7-13,15-16,18-20H,4H2,1-3H3;(H2,1,2,3,4);4*1H2/t5-,7-,8+,9+,10+,11-,12-,13+,14?;;;;;/m1...../s1. The molecule has 0 amide bonds. The van der Waals surface area contributed by atoms with Crippen molar-refractivity contribution < 1.29 is 73.8 Å².